The lowest BCUT2D eigenvalue weighted by molar-refractivity contribution is -0.245. The number of aromatic hydroxyl groups is 2. The predicted molar refractivity (Wildman–Crippen MR) is 187 cm³/mol. The van der Waals surface area contributed by atoms with Crippen LogP contribution in [0.25, 0.3) is 0 Å². The Hall–Kier alpha value is -5.04. The number of hydrogen-bond acceptors (Lipinski definition) is 15. The van der Waals surface area contributed by atoms with E-state index in [2.05, 4.69) is 10.5 Å². The largest absolute Gasteiger partial charge is 0.507 e. The van der Waals surface area contributed by atoms with E-state index in [1.807, 2.05) is 0 Å². The van der Waals surface area contributed by atoms with Crippen LogP contribution in [0.15, 0.2) is 35.5 Å². The van der Waals surface area contributed by atoms with Crippen molar-refractivity contribution in [2.24, 2.45) is 10.8 Å². The summed E-state index contributed by atoms with van der Waals surface area (Å²) < 4.78 is 17.4. The predicted octanol–water partition coefficient (Wildman–Crippen LogP) is 0.390. The fourth-order valence-corrected chi connectivity index (χ4v) is 7.47. The number of methoxy groups -OCH3 is 1. The Morgan fingerprint density at radius 1 is 1.06 bits per heavy atom. The molecule has 0 aromatic heterocycles. The molecule has 6 atom stereocenters. The third-order valence-corrected chi connectivity index (χ3v) is 10.3. The van der Waals surface area contributed by atoms with Crippen LogP contribution in [0.5, 0.6) is 17.2 Å². The van der Waals surface area contributed by atoms with Crippen LogP contribution in [-0.4, -0.2) is 116 Å². The van der Waals surface area contributed by atoms with E-state index < -0.39 is 108 Å². The number of amides is 3. The first kappa shape index (κ1) is 38.7. The summed E-state index contributed by atoms with van der Waals surface area (Å²) in [4.78, 5) is 65.1. The molecule has 2 heterocycles. The van der Waals surface area contributed by atoms with E-state index >= 15 is 0 Å². The highest BCUT2D eigenvalue weighted by Crippen LogP contribution is 2.52. The van der Waals surface area contributed by atoms with E-state index in [1.165, 1.54) is 37.5 Å². The second kappa shape index (κ2) is 15.4. The molecule has 0 spiro atoms. The number of aliphatic hydroxyl groups is 3. The lowest BCUT2D eigenvalue weighted by atomic mass is 9.71. The zero-order chi connectivity index (χ0) is 39.1. The number of ether oxygens (including phenoxy) is 3. The van der Waals surface area contributed by atoms with Crippen molar-refractivity contribution in [1.82, 2.24) is 10.3 Å². The van der Waals surface area contributed by atoms with Crippen molar-refractivity contribution in [2.75, 3.05) is 20.3 Å². The third-order valence-electron chi connectivity index (χ3n) is 10.3. The minimum Gasteiger partial charge on any atom is -0.507 e. The molecular weight excluding hydrogens is 708 g/mol. The van der Waals surface area contributed by atoms with Crippen LogP contribution in [0.4, 0.5) is 0 Å². The van der Waals surface area contributed by atoms with Crippen molar-refractivity contribution in [3.8, 4) is 17.2 Å². The molecule has 2 aromatic carbocycles. The zero-order valence-corrected chi connectivity index (χ0v) is 29.6. The molecule has 2 aromatic rings. The fraction of sp³-hybridized carbons (Fsp3) is 0.459. The quantitative estimate of drug-likeness (QED) is 0.0434. The first-order valence-electron chi connectivity index (χ1n) is 17.5. The molecule has 4 aliphatic rings. The van der Waals surface area contributed by atoms with Crippen LogP contribution >= 0.6 is 0 Å². The van der Waals surface area contributed by atoms with Gasteiger partial charge in [0, 0.05) is 67.1 Å². The van der Waals surface area contributed by atoms with Gasteiger partial charge in [0.25, 0.3) is 11.8 Å². The lowest BCUT2D eigenvalue weighted by Gasteiger charge is -2.43. The van der Waals surface area contributed by atoms with Gasteiger partial charge in [-0.15, -0.1) is 0 Å². The van der Waals surface area contributed by atoms with Crippen LogP contribution < -0.4 is 15.9 Å². The SMILES string of the molecule is COc1cccc2c1C(=O)c1c(O)c3c(c(O)c1C2=O)CC(O)(C(CO)=NNC(=O)CCCCCN1C(=O)C=CC1=O)CC3OC1CC(N)C(O)C(C)O1. The topological polar surface area (TPSA) is 268 Å². The summed E-state index contributed by atoms with van der Waals surface area (Å²) in [6.07, 6.45) is -1.56. The van der Waals surface area contributed by atoms with Gasteiger partial charge in [0.05, 0.1) is 54.4 Å². The first-order valence-corrected chi connectivity index (χ1v) is 17.5. The van der Waals surface area contributed by atoms with E-state index in [0.717, 1.165) is 4.90 Å². The number of carbonyl (C=O) groups is 5. The van der Waals surface area contributed by atoms with Crippen molar-refractivity contribution < 1.29 is 63.7 Å². The van der Waals surface area contributed by atoms with Crippen molar-refractivity contribution in [3.63, 3.8) is 0 Å². The van der Waals surface area contributed by atoms with Gasteiger partial charge in [0.1, 0.15) is 22.8 Å². The van der Waals surface area contributed by atoms with Crippen LogP contribution in [0.3, 0.4) is 0 Å². The van der Waals surface area contributed by atoms with Crippen molar-refractivity contribution in [1.29, 1.82) is 0 Å². The zero-order valence-electron chi connectivity index (χ0n) is 29.6. The number of unbranched alkanes of at least 4 members (excludes halogenated alkanes) is 2. The molecule has 0 bridgehead atoms. The molecule has 1 saturated heterocycles. The summed E-state index contributed by atoms with van der Waals surface area (Å²) in [6.45, 7) is 0.910. The average molecular weight is 751 g/mol. The normalized spacial score (nSPS) is 26.4. The number of hydrogen-bond donors (Lipinski definition) is 7. The summed E-state index contributed by atoms with van der Waals surface area (Å²) in [6, 6.07) is 3.57. The van der Waals surface area contributed by atoms with Gasteiger partial charge in [0.15, 0.2) is 12.1 Å². The lowest BCUT2D eigenvalue weighted by Crippen LogP contribution is -2.53. The monoisotopic (exact) mass is 750 g/mol. The molecule has 6 rings (SSSR count). The Morgan fingerprint density at radius 2 is 1.76 bits per heavy atom. The Balaban J connectivity index is 1.29. The van der Waals surface area contributed by atoms with Crippen LogP contribution in [0.2, 0.25) is 0 Å². The summed E-state index contributed by atoms with van der Waals surface area (Å²) in [5.74, 6) is -4.25. The van der Waals surface area contributed by atoms with Crippen LogP contribution in [0.1, 0.15) is 94.5 Å². The van der Waals surface area contributed by atoms with Crippen molar-refractivity contribution >= 4 is 35.0 Å². The van der Waals surface area contributed by atoms with E-state index in [4.69, 9.17) is 19.9 Å². The fourth-order valence-electron chi connectivity index (χ4n) is 7.47. The number of rotatable bonds is 12. The number of imide groups is 1. The Kier molecular flexibility index (Phi) is 11.0. The van der Waals surface area contributed by atoms with Gasteiger partial charge in [-0.3, -0.25) is 28.9 Å². The minimum atomic E-state index is -2.16. The van der Waals surface area contributed by atoms with E-state index in [0.29, 0.717) is 19.3 Å². The van der Waals surface area contributed by atoms with Crippen molar-refractivity contribution in [3.05, 3.63) is 63.7 Å². The van der Waals surface area contributed by atoms with Gasteiger partial charge < -0.3 is 45.5 Å². The summed E-state index contributed by atoms with van der Waals surface area (Å²) >= 11 is 0. The average Bonchev–Trinajstić information content (AvgIpc) is 3.46. The highest BCUT2D eigenvalue weighted by molar-refractivity contribution is 6.31. The summed E-state index contributed by atoms with van der Waals surface area (Å²) in [5, 5.41) is 60.5. The van der Waals surface area contributed by atoms with Crippen LogP contribution in [0, 0.1) is 0 Å². The van der Waals surface area contributed by atoms with E-state index in [9.17, 15) is 49.5 Å². The number of carbonyl (C=O) groups excluding carboxylic acids is 5. The third kappa shape index (κ3) is 7.01. The number of nitrogens with two attached hydrogens (primary N) is 1. The maximum Gasteiger partial charge on any atom is 0.253 e. The van der Waals surface area contributed by atoms with Gasteiger partial charge in [-0.1, -0.05) is 18.6 Å². The standard InChI is InChI=1S/C37H42N4O13/c1-17-32(46)20(38)13-27(53-17)54-22-15-37(51,23(16-42)39-40-24(43)9-4-3-5-12-41-25(44)10-11-26(41)45)14-19-29(22)36(50)31-30(34(19)48)33(47)18-7-6-8-21(52-2)28(18)35(31)49/h6-8,10-11,17,20,22,27,32,42,46,48,50-51H,3-5,9,12-16,38H2,1-2H3,(H,40,43). The van der Waals surface area contributed by atoms with E-state index in [1.54, 1.807) is 6.92 Å². The Bertz CT molecular complexity index is 1930. The molecule has 0 saturated carbocycles. The van der Waals surface area contributed by atoms with Gasteiger partial charge in [-0.05, 0) is 25.8 Å². The maximum atomic E-state index is 14.0. The summed E-state index contributed by atoms with van der Waals surface area (Å²) in [5.41, 5.74) is 4.46. The molecule has 17 heteroatoms. The number of aliphatic hydroxyl groups excluding tert-OH is 2. The van der Waals surface area contributed by atoms with Gasteiger partial charge in [0.2, 0.25) is 11.7 Å². The number of nitrogens with zero attached hydrogens (tertiary/aromatic N) is 2. The molecule has 17 nitrogen and oxygen atoms in total. The molecule has 288 valence electrons. The Labute approximate surface area is 309 Å². The molecule has 0 radical (unpaired) electrons. The molecule has 2 aliphatic heterocycles. The number of fused-ring (bicyclic) bond motifs is 3. The molecule has 2 aliphatic carbocycles. The molecule has 3 amide bonds. The molecule has 6 unspecified atom stereocenters. The number of phenolic OH excluding ortho intramolecular Hbond substituents is 2. The number of hydrazone groups is 1. The Morgan fingerprint density at radius 3 is 2.43 bits per heavy atom. The highest BCUT2D eigenvalue weighted by Gasteiger charge is 2.49. The van der Waals surface area contributed by atoms with Gasteiger partial charge >= 0.3 is 0 Å². The number of phenols is 2. The second-order valence-electron chi connectivity index (χ2n) is 13.8. The minimum absolute atomic E-state index is 0.0120. The molecule has 54 heavy (non-hydrogen) atoms. The maximum absolute atomic E-state index is 14.0. The number of nitrogens with one attached hydrogen (secondary N) is 1. The van der Waals surface area contributed by atoms with Gasteiger partial charge in [-0.2, -0.15) is 5.10 Å². The number of benzene rings is 2. The molecule has 8 N–H and O–H groups in total. The first-order chi connectivity index (χ1) is 25.7. The van der Waals surface area contributed by atoms with Crippen LogP contribution in [-0.2, 0) is 30.3 Å². The van der Waals surface area contributed by atoms with Crippen molar-refractivity contribution in [2.45, 2.75) is 88.1 Å². The summed E-state index contributed by atoms with van der Waals surface area (Å²) in [7, 11) is 1.32. The number of ketones is 2. The molecule has 1 fully saturated rings. The molecular formula is C37H42N4O13. The van der Waals surface area contributed by atoms with Gasteiger partial charge in [-0.25, -0.2) is 5.43 Å². The smallest absolute Gasteiger partial charge is 0.253 e. The van der Waals surface area contributed by atoms with E-state index in [-0.39, 0.29) is 53.1 Å². The second-order valence-corrected chi connectivity index (χ2v) is 13.8. The highest BCUT2D eigenvalue weighted by atomic mass is 16.7.